The van der Waals surface area contributed by atoms with Crippen LogP contribution < -0.4 is 10.6 Å². The van der Waals surface area contributed by atoms with Crippen molar-refractivity contribution in [3.8, 4) is 0 Å². The van der Waals surface area contributed by atoms with Gasteiger partial charge in [0, 0.05) is 31.2 Å². The van der Waals surface area contributed by atoms with Crippen LogP contribution in [-0.2, 0) is 11.3 Å². The van der Waals surface area contributed by atoms with Crippen molar-refractivity contribution in [3.05, 3.63) is 34.3 Å². The predicted molar refractivity (Wildman–Crippen MR) is 86.8 cm³/mol. The molecule has 1 aromatic rings. The Hall–Kier alpha value is -1.75. The number of hydrogen-bond donors (Lipinski definition) is 2. The van der Waals surface area contributed by atoms with Crippen LogP contribution in [0.5, 0.6) is 0 Å². The topological polar surface area (TPSA) is 61.4 Å². The summed E-state index contributed by atoms with van der Waals surface area (Å²) in [7, 11) is 0. The van der Waals surface area contributed by atoms with Gasteiger partial charge in [-0.1, -0.05) is 23.7 Å². The molecule has 0 unspecified atom stereocenters. The molecule has 0 aromatic heterocycles. The summed E-state index contributed by atoms with van der Waals surface area (Å²) in [5, 5.41) is 6.40. The lowest BCUT2D eigenvalue weighted by Crippen LogP contribution is -2.39. The molecule has 1 heterocycles. The van der Waals surface area contributed by atoms with E-state index in [2.05, 4.69) is 10.6 Å². The number of halogens is 1. The van der Waals surface area contributed by atoms with E-state index in [1.54, 1.807) is 4.90 Å². The van der Waals surface area contributed by atoms with E-state index in [1.807, 2.05) is 32.0 Å². The van der Waals surface area contributed by atoms with Gasteiger partial charge in [-0.3, -0.25) is 4.79 Å². The molecule has 6 heteroatoms. The summed E-state index contributed by atoms with van der Waals surface area (Å²) in [6.45, 7) is 5.98. The van der Waals surface area contributed by atoms with Gasteiger partial charge in [-0.2, -0.15) is 0 Å². The molecule has 22 heavy (non-hydrogen) atoms. The number of rotatable bonds is 4. The number of nitrogens with zero attached hydrogens (tertiary/aromatic N) is 1. The van der Waals surface area contributed by atoms with Gasteiger partial charge in [0.15, 0.2) is 0 Å². The predicted octanol–water partition coefficient (Wildman–Crippen LogP) is 2.32. The minimum atomic E-state index is -0.133. The Balaban J connectivity index is 1.86. The van der Waals surface area contributed by atoms with E-state index in [-0.39, 0.29) is 17.9 Å². The first-order chi connectivity index (χ1) is 10.5. The van der Waals surface area contributed by atoms with Crippen LogP contribution in [-0.4, -0.2) is 36.5 Å². The number of amides is 3. The molecule has 0 spiro atoms. The molecule has 1 aliphatic heterocycles. The lowest BCUT2D eigenvalue weighted by atomic mass is 10.1. The third kappa shape index (κ3) is 3.91. The number of nitrogens with one attached hydrogen (secondary N) is 2. The molecule has 0 radical (unpaired) electrons. The second-order valence-electron chi connectivity index (χ2n) is 5.51. The van der Waals surface area contributed by atoms with Crippen molar-refractivity contribution < 1.29 is 9.59 Å². The Kier molecular flexibility index (Phi) is 5.66. The van der Waals surface area contributed by atoms with Crippen LogP contribution >= 0.6 is 11.6 Å². The number of carbonyl (C=O) groups is 2. The van der Waals surface area contributed by atoms with E-state index in [0.717, 1.165) is 17.5 Å². The molecule has 2 N–H and O–H groups in total. The molecule has 0 saturated carbocycles. The van der Waals surface area contributed by atoms with Crippen molar-refractivity contribution >= 4 is 23.5 Å². The Morgan fingerprint density at radius 3 is 2.86 bits per heavy atom. The van der Waals surface area contributed by atoms with Gasteiger partial charge in [-0.25, -0.2) is 4.79 Å². The standard InChI is InChI=1S/C16H22ClN3O2/c1-3-18-15(21)13-7-8-20(10-13)16(22)19-9-12-5-4-6-14(17)11(12)2/h4-6,13H,3,7-10H2,1-2H3,(H,18,21)(H,19,22)/t13-/m1/s1. The van der Waals surface area contributed by atoms with Crippen molar-refractivity contribution in [2.24, 2.45) is 5.92 Å². The number of urea groups is 1. The lowest BCUT2D eigenvalue weighted by Gasteiger charge is -2.18. The second-order valence-corrected chi connectivity index (χ2v) is 5.92. The zero-order valence-electron chi connectivity index (χ0n) is 13.0. The van der Waals surface area contributed by atoms with Gasteiger partial charge in [-0.05, 0) is 37.5 Å². The first kappa shape index (κ1) is 16.6. The van der Waals surface area contributed by atoms with E-state index in [1.165, 1.54) is 0 Å². The fraction of sp³-hybridized carbons (Fsp3) is 0.500. The highest BCUT2D eigenvalue weighted by molar-refractivity contribution is 6.31. The summed E-state index contributed by atoms with van der Waals surface area (Å²) in [4.78, 5) is 25.7. The Morgan fingerprint density at radius 2 is 2.14 bits per heavy atom. The molecule has 1 fully saturated rings. The quantitative estimate of drug-likeness (QED) is 0.893. The van der Waals surface area contributed by atoms with Crippen molar-refractivity contribution in [1.29, 1.82) is 0 Å². The van der Waals surface area contributed by atoms with E-state index in [4.69, 9.17) is 11.6 Å². The molecule has 1 aromatic carbocycles. The normalized spacial score (nSPS) is 17.4. The summed E-state index contributed by atoms with van der Waals surface area (Å²) >= 11 is 6.07. The van der Waals surface area contributed by atoms with E-state index < -0.39 is 0 Å². The molecule has 0 bridgehead atoms. The minimum absolute atomic E-state index is 0.0310. The number of carbonyl (C=O) groups excluding carboxylic acids is 2. The van der Waals surface area contributed by atoms with E-state index >= 15 is 0 Å². The van der Waals surface area contributed by atoms with Gasteiger partial charge in [0.05, 0.1) is 5.92 Å². The molecule has 1 aliphatic rings. The SMILES string of the molecule is CCNC(=O)[C@@H]1CCN(C(=O)NCc2cccc(Cl)c2C)C1. The van der Waals surface area contributed by atoms with Crippen molar-refractivity contribution in [2.45, 2.75) is 26.8 Å². The van der Waals surface area contributed by atoms with Crippen molar-refractivity contribution in [2.75, 3.05) is 19.6 Å². The van der Waals surface area contributed by atoms with E-state index in [9.17, 15) is 9.59 Å². The lowest BCUT2D eigenvalue weighted by molar-refractivity contribution is -0.124. The maximum absolute atomic E-state index is 12.2. The Bertz CT molecular complexity index is 562. The average Bonchev–Trinajstić information content (AvgIpc) is 2.99. The summed E-state index contributed by atoms with van der Waals surface area (Å²) in [6, 6.07) is 5.52. The monoisotopic (exact) mass is 323 g/mol. The Morgan fingerprint density at radius 1 is 1.36 bits per heavy atom. The maximum Gasteiger partial charge on any atom is 0.317 e. The van der Waals surface area contributed by atoms with Gasteiger partial charge in [0.25, 0.3) is 0 Å². The molecule has 0 aliphatic carbocycles. The molecule has 1 saturated heterocycles. The Labute approximate surface area is 136 Å². The average molecular weight is 324 g/mol. The summed E-state index contributed by atoms with van der Waals surface area (Å²) in [6.07, 6.45) is 0.718. The third-order valence-electron chi connectivity index (χ3n) is 4.01. The van der Waals surface area contributed by atoms with Crippen molar-refractivity contribution in [3.63, 3.8) is 0 Å². The highest BCUT2D eigenvalue weighted by Crippen LogP contribution is 2.19. The van der Waals surface area contributed by atoms with Crippen LogP contribution in [0.15, 0.2) is 18.2 Å². The molecular formula is C16H22ClN3O2. The fourth-order valence-corrected chi connectivity index (χ4v) is 2.80. The van der Waals surface area contributed by atoms with Crippen LogP contribution in [0.2, 0.25) is 5.02 Å². The first-order valence-corrected chi connectivity index (χ1v) is 7.95. The summed E-state index contributed by atoms with van der Waals surface area (Å²) in [5.74, 6) is -0.0675. The van der Waals surface area contributed by atoms with Gasteiger partial charge < -0.3 is 15.5 Å². The number of benzene rings is 1. The summed E-state index contributed by atoms with van der Waals surface area (Å²) < 4.78 is 0. The van der Waals surface area contributed by atoms with Crippen LogP contribution in [0, 0.1) is 12.8 Å². The number of hydrogen-bond acceptors (Lipinski definition) is 2. The highest BCUT2D eigenvalue weighted by atomic mass is 35.5. The first-order valence-electron chi connectivity index (χ1n) is 7.57. The van der Waals surface area contributed by atoms with Crippen LogP contribution in [0.1, 0.15) is 24.5 Å². The third-order valence-corrected chi connectivity index (χ3v) is 4.42. The van der Waals surface area contributed by atoms with Crippen LogP contribution in [0.4, 0.5) is 4.79 Å². The fourth-order valence-electron chi connectivity index (χ4n) is 2.60. The van der Waals surface area contributed by atoms with Gasteiger partial charge >= 0.3 is 6.03 Å². The van der Waals surface area contributed by atoms with E-state index in [0.29, 0.717) is 31.2 Å². The smallest absolute Gasteiger partial charge is 0.317 e. The van der Waals surface area contributed by atoms with Gasteiger partial charge in [0.1, 0.15) is 0 Å². The van der Waals surface area contributed by atoms with Crippen LogP contribution in [0.3, 0.4) is 0 Å². The molecule has 2 rings (SSSR count). The maximum atomic E-state index is 12.2. The summed E-state index contributed by atoms with van der Waals surface area (Å²) in [5.41, 5.74) is 1.98. The van der Waals surface area contributed by atoms with Crippen LogP contribution in [0.25, 0.3) is 0 Å². The molecule has 3 amide bonds. The second kappa shape index (κ2) is 7.49. The zero-order chi connectivity index (χ0) is 16.1. The molecular weight excluding hydrogens is 302 g/mol. The van der Waals surface area contributed by atoms with Gasteiger partial charge in [0.2, 0.25) is 5.91 Å². The van der Waals surface area contributed by atoms with Crippen molar-refractivity contribution in [1.82, 2.24) is 15.5 Å². The van der Waals surface area contributed by atoms with Gasteiger partial charge in [-0.15, -0.1) is 0 Å². The zero-order valence-corrected chi connectivity index (χ0v) is 13.7. The largest absolute Gasteiger partial charge is 0.356 e. The highest BCUT2D eigenvalue weighted by Gasteiger charge is 2.30. The molecule has 120 valence electrons. The minimum Gasteiger partial charge on any atom is -0.356 e. The molecule has 5 nitrogen and oxygen atoms in total. The molecule has 1 atom stereocenters. The number of likely N-dealkylation sites (tertiary alicyclic amines) is 1.